The molecule has 1 aromatic carbocycles. The van der Waals surface area contributed by atoms with Crippen molar-refractivity contribution >= 4 is 29.9 Å². The summed E-state index contributed by atoms with van der Waals surface area (Å²) in [4.78, 5) is 11.9. The van der Waals surface area contributed by atoms with Gasteiger partial charge in [-0.05, 0) is 30.5 Å². The van der Waals surface area contributed by atoms with Crippen molar-refractivity contribution in [3.8, 4) is 0 Å². The molecule has 0 unspecified atom stereocenters. The van der Waals surface area contributed by atoms with Crippen molar-refractivity contribution in [3.63, 3.8) is 0 Å². The molecule has 1 aliphatic carbocycles. The van der Waals surface area contributed by atoms with Crippen molar-refractivity contribution < 1.29 is 4.79 Å². The van der Waals surface area contributed by atoms with Crippen molar-refractivity contribution in [2.75, 3.05) is 19.6 Å². The van der Waals surface area contributed by atoms with Gasteiger partial charge >= 0.3 is 0 Å². The third kappa shape index (κ3) is 2.95. The summed E-state index contributed by atoms with van der Waals surface area (Å²) in [6.45, 7) is 2.39. The number of rotatable bonds is 4. The van der Waals surface area contributed by atoms with Crippen LogP contribution in [0.3, 0.4) is 0 Å². The third-order valence-electron chi connectivity index (χ3n) is 4.52. The van der Waals surface area contributed by atoms with Crippen molar-refractivity contribution in [1.29, 1.82) is 0 Å². The van der Waals surface area contributed by atoms with Crippen molar-refractivity contribution in [3.05, 3.63) is 34.9 Å². The molecule has 110 valence electrons. The highest BCUT2D eigenvalue weighted by Gasteiger charge is 2.39. The zero-order chi connectivity index (χ0) is 13.3. The molecule has 1 heterocycles. The molecule has 20 heavy (non-hydrogen) atoms. The Morgan fingerprint density at radius 2 is 1.95 bits per heavy atom. The fourth-order valence-electron chi connectivity index (χ4n) is 2.85. The summed E-state index contributed by atoms with van der Waals surface area (Å²) >= 11 is 5.94. The van der Waals surface area contributed by atoms with Gasteiger partial charge < -0.3 is 10.6 Å². The van der Waals surface area contributed by atoms with Gasteiger partial charge in [-0.3, -0.25) is 4.79 Å². The summed E-state index contributed by atoms with van der Waals surface area (Å²) in [6, 6.07) is 8.07. The molecule has 0 radical (unpaired) electrons. The van der Waals surface area contributed by atoms with E-state index in [0.717, 1.165) is 37.5 Å². The van der Waals surface area contributed by atoms with Gasteiger partial charge in [0, 0.05) is 30.1 Å². The minimum absolute atomic E-state index is 0. The highest BCUT2D eigenvalue weighted by Crippen LogP contribution is 2.43. The lowest BCUT2D eigenvalue weighted by Gasteiger charge is -2.43. The van der Waals surface area contributed by atoms with Gasteiger partial charge in [0.05, 0.1) is 5.92 Å². The highest BCUT2D eigenvalue weighted by atomic mass is 35.5. The normalized spacial score (nSPS) is 20.2. The smallest absolute Gasteiger partial charge is 0.225 e. The monoisotopic (exact) mass is 314 g/mol. The van der Waals surface area contributed by atoms with Gasteiger partial charge in [0.1, 0.15) is 0 Å². The zero-order valence-corrected chi connectivity index (χ0v) is 12.9. The molecule has 0 aromatic heterocycles. The number of amides is 1. The molecule has 1 aromatic rings. The Labute approximate surface area is 130 Å². The third-order valence-corrected chi connectivity index (χ3v) is 4.77. The van der Waals surface area contributed by atoms with E-state index in [0.29, 0.717) is 0 Å². The van der Waals surface area contributed by atoms with E-state index in [2.05, 4.69) is 22.8 Å². The first-order valence-electron chi connectivity index (χ1n) is 6.94. The Morgan fingerprint density at radius 3 is 2.40 bits per heavy atom. The van der Waals surface area contributed by atoms with Crippen molar-refractivity contribution in [1.82, 2.24) is 10.6 Å². The lowest BCUT2D eigenvalue weighted by molar-refractivity contribution is -0.126. The van der Waals surface area contributed by atoms with Crippen LogP contribution in [0.2, 0.25) is 5.02 Å². The lowest BCUT2D eigenvalue weighted by Crippen LogP contribution is -2.54. The van der Waals surface area contributed by atoms with Crippen LogP contribution in [0.5, 0.6) is 0 Å². The van der Waals surface area contributed by atoms with E-state index < -0.39 is 0 Å². The van der Waals surface area contributed by atoms with Gasteiger partial charge in [-0.25, -0.2) is 0 Å². The molecular weight excluding hydrogens is 295 g/mol. The molecule has 0 atom stereocenters. The first kappa shape index (κ1) is 15.6. The van der Waals surface area contributed by atoms with E-state index in [9.17, 15) is 4.79 Å². The fraction of sp³-hybridized carbons (Fsp3) is 0.533. The van der Waals surface area contributed by atoms with E-state index >= 15 is 0 Å². The quantitative estimate of drug-likeness (QED) is 0.896. The number of carbonyl (C=O) groups is 1. The number of benzene rings is 1. The number of hydrogen-bond acceptors (Lipinski definition) is 2. The minimum atomic E-state index is 0. The molecule has 1 aliphatic heterocycles. The molecule has 3 nitrogen and oxygen atoms in total. The number of halogens is 2. The van der Waals surface area contributed by atoms with Crippen LogP contribution in [-0.4, -0.2) is 25.5 Å². The second-order valence-electron chi connectivity index (χ2n) is 5.71. The van der Waals surface area contributed by atoms with Gasteiger partial charge in [-0.1, -0.05) is 30.2 Å². The topological polar surface area (TPSA) is 41.1 Å². The second-order valence-corrected chi connectivity index (χ2v) is 6.15. The maximum absolute atomic E-state index is 11.9. The van der Waals surface area contributed by atoms with Crippen molar-refractivity contribution in [2.24, 2.45) is 5.92 Å². The van der Waals surface area contributed by atoms with Gasteiger partial charge in [0.2, 0.25) is 5.91 Å². The molecule has 5 heteroatoms. The molecule has 0 bridgehead atoms. The van der Waals surface area contributed by atoms with Gasteiger partial charge in [-0.2, -0.15) is 0 Å². The summed E-state index contributed by atoms with van der Waals surface area (Å²) in [6.07, 6.45) is 3.54. The fourth-order valence-corrected chi connectivity index (χ4v) is 2.98. The molecule has 3 rings (SSSR count). The largest absolute Gasteiger partial charge is 0.355 e. The molecule has 0 spiro atoms. The Bertz CT molecular complexity index is 467. The first-order chi connectivity index (χ1) is 9.20. The predicted octanol–water partition coefficient (Wildman–Crippen LogP) is 2.52. The van der Waals surface area contributed by atoms with E-state index in [1.807, 2.05) is 12.1 Å². The summed E-state index contributed by atoms with van der Waals surface area (Å²) in [5.74, 6) is 0.362. The summed E-state index contributed by atoms with van der Waals surface area (Å²) in [5, 5.41) is 7.02. The van der Waals surface area contributed by atoms with Crippen LogP contribution >= 0.6 is 24.0 Å². The Hall–Kier alpha value is -0.770. The Kier molecular flexibility index (Phi) is 4.95. The van der Waals surface area contributed by atoms with Gasteiger partial charge in [0.25, 0.3) is 0 Å². The molecule has 2 aliphatic rings. The first-order valence-corrected chi connectivity index (χ1v) is 7.32. The Balaban J connectivity index is 0.00000147. The summed E-state index contributed by atoms with van der Waals surface area (Å²) in [5.41, 5.74) is 1.44. The van der Waals surface area contributed by atoms with Crippen LogP contribution in [0.4, 0.5) is 0 Å². The van der Waals surface area contributed by atoms with Gasteiger partial charge in [0.15, 0.2) is 0 Å². The molecule has 1 saturated heterocycles. The molecule has 2 fully saturated rings. The maximum Gasteiger partial charge on any atom is 0.225 e. The van der Waals surface area contributed by atoms with E-state index in [1.54, 1.807) is 0 Å². The van der Waals surface area contributed by atoms with Crippen LogP contribution in [0, 0.1) is 5.92 Å². The molecular formula is C15H20Cl2N2O. The maximum atomic E-state index is 11.9. The average molecular weight is 315 g/mol. The highest BCUT2D eigenvalue weighted by molar-refractivity contribution is 6.30. The Morgan fingerprint density at radius 1 is 1.30 bits per heavy atom. The van der Waals surface area contributed by atoms with Crippen LogP contribution in [0.15, 0.2) is 24.3 Å². The number of nitrogens with one attached hydrogen (secondary N) is 2. The SMILES string of the molecule is Cl.O=C(NCC1(c2ccc(Cl)cc2)CCC1)C1CNC1. The number of hydrogen-bond donors (Lipinski definition) is 2. The van der Waals surface area contributed by atoms with Crippen LogP contribution in [-0.2, 0) is 10.2 Å². The van der Waals surface area contributed by atoms with E-state index in [-0.39, 0.29) is 29.6 Å². The standard InChI is InChI=1S/C15H19ClN2O.ClH/c16-13-4-2-12(3-5-13)15(6-1-7-15)10-18-14(19)11-8-17-9-11;/h2-5,11,17H,1,6-10H2,(H,18,19);1H. The predicted molar refractivity (Wildman–Crippen MR) is 83.6 cm³/mol. The molecule has 1 saturated carbocycles. The molecule has 2 N–H and O–H groups in total. The van der Waals surface area contributed by atoms with Crippen LogP contribution in [0.1, 0.15) is 24.8 Å². The second kappa shape index (κ2) is 6.33. The van der Waals surface area contributed by atoms with Gasteiger partial charge in [-0.15, -0.1) is 12.4 Å². The lowest BCUT2D eigenvalue weighted by atomic mass is 9.64. The number of carbonyl (C=O) groups excluding carboxylic acids is 1. The minimum Gasteiger partial charge on any atom is -0.355 e. The molecule has 1 amide bonds. The average Bonchev–Trinajstić information content (AvgIpc) is 2.27. The van der Waals surface area contributed by atoms with E-state index in [4.69, 9.17) is 11.6 Å². The summed E-state index contributed by atoms with van der Waals surface area (Å²) in [7, 11) is 0. The zero-order valence-electron chi connectivity index (χ0n) is 11.3. The van der Waals surface area contributed by atoms with Crippen LogP contribution in [0.25, 0.3) is 0 Å². The summed E-state index contributed by atoms with van der Waals surface area (Å²) < 4.78 is 0. The van der Waals surface area contributed by atoms with E-state index in [1.165, 1.54) is 12.0 Å². The van der Waals surface area contributed by atoms with Crippen molar-refractivity contribution in [2.45, 2.75) is 24.7 Å². The van der Waals surface area contributed by atoms with Crippen LogP contribution < -0.4 is 10.6 Å².